The maximum Gasteiger partial charge on any atom is 0.144 e. The van der Waals surface area contributed by atoms with E-state index < -0.39 is 0 Å². The number of oxime groups is 1. The fraction of sp³-hybridized carbons (Fsp3) is 0.929. The second-order valence-corrected chi connectivity index (χ2v) is 6.86. The van der Waals surface area contributed by atoms with Crippen LogP contribution in [-0.2, 0) is 0 Å². The van der Waals surface area contributed by atoms with E-state index in [1.807, 2.05) is 13.8 Å². The number of nitrogens with one attached hydrogen (secondary N) is 1. The third kappa shape index (κ3) is 3.87. The van der Waals surface area contributed by atoms with Gasteiger partial charge in [-0.15, -0.1) is 0 Å². The van der Waals surface area contributed by atoms with Gasteiger partial charge in [-0.05, 0) is 37.6 Å². The molecule has 1 aliphatic carbocycles. The van der Waals surface area contributed by atoms with Crippen LogP contribution in [0.5, 0.6) is 0 Å². The zero-order valence-electron chi connectivity index (χ0n) is 12.3. The number of nitrogens with zero attached hydrogens (tertiary/aromatic N) is 1. The summed E-state index contributed by atoms with van der Waals surface area (Å²) < 4.78 is 0. The lowest BCUT2D eigenvalue weighted by atomic mass is 9.85. The summed E-state index contributed by atoms with van der Waals surface area (Å²) in [5, 5.41) is 15.5. The third-order valence-electron chi connectivity index (χ3n) is 4.43. The SMILES string of the molecule is CC(C)(CCCNC1CCCC1(C)C)C(N)=NO. The second-order valence-electron chi connectivity index (χ2n) is 6.86. The van der Waals surface area contributed by atoms with Crippen LogP contribution in [0.25, 0.3) is 0 Å². The fourth-order valence-electron chi connectivity index (χ4n) is 2.78. The molecule has 1 fully saturated rings. The smallest absolute Gasteiger partial charge is 0.144 e. The van der Waals surface area contributed by atoms with Crippen LogP contribution < -0.4 is 11.1 Å². The van der Waals surface area contributed by atoms with Gasteiger partial charge in [0.15, 0.2) is 0 Å². The second kappa shape index (κ2) is 5.91. The van der Waals surface area contributed by atoms with E-state index >= 15 is 0 Å². The Balaban J connectivity index is 2.27. The molecule has 1 rings (SSSR count). The maximum atomic E-state index is 8.72. The Morgan fingerprint density at radius 1 is 1.50 bits per heavy atom. The first-order valence-electron chi connectivity index (χ1n) is 7.01. The van der Waals surface area contributed by atoms with Crippen molar-refractivity contribution in [2.45, 2.75) is 65.8 Å². The van der Waals surface area contributed by atoms with Gasteiger partial charge in [0.2, 0.25) is 0 Å². The van der Waals surface area contributed by atoms with Crippen LogP contribution in [-0.4, -0.2) is 23.6 Å². The van der Waals surface area contributed by atoms with Crippen LogP contribution in [0.15, 0.2) is 5.16 Å². The van der Waals surface area contributed by atoms with Gasteiger partial charge in [-0.25, -0.2) is 0 Å². The lowest BCUT2D eigenvalue weighted by Gasteiger charge is -2.29. The molecule has 0 amide bonds. The molecule has 0 aromatic heterocycles. The van der Waals surface area contributed by atoms with Gasteiger partial charge in [-0.2, -0.15) is 0 Å². The highest BCUT2D eigenvalue weighted by atomic mass is 16.4. The van der Waals surface area contributed by atoms with Crippen molar-refractivity contribution >= 4 is 5.84 Å². The van der Waals surface area contributed by atoms with Crippen LogP contribution in [0.1, 0.15) is 59.8 Å². The van der Waals surface area contributed by atoms with E-state index in [1.54, 1.807) is 0 Å². The number of nitrogens with two attached hydrogens (primary N) is 1. The van der Waals surface area contributed by atoms with Gasteiger partial charge in [-0.1, -0.05) is 39.3 Å². The van der Waals surface area contributed by atoms with Gasteiger partial charge >= 0.3 is 0 Å². The van der Waals surface area contributed by atoms with E-state index in [4.69, 9.17) is 10.9 Å². The standard InChI is InChI=1S/C14H29N3O/c1-13(2)8-5-7-11(13)16-10-6-9-14(3,4)12(15)17-18/h11,16,18H,5-10H2,1-4H3,(H2,15,17). The van der Waals surface area contributed by atoms with Crippen LogP contribution in [0.2, 0.25) is 0 Å². The van der Waals surface area contributed by atoms with Crippen molar-refractivity contribution in [2.75, 3.05) is 6.54 Å². The number of hydrogen-bond acceptors (Lipinski definition) is 3. The molecular formula is C14H29N3O. The third-order valence-corrected chi connectivity index (χ3v) is 4.43. The van der Waals surface area contributed by atoms with E-state index in [1.165, 1.54) is 19.3 Å². The minimum absolute atomic E-state index is 0.221. The van der Waals surface area contributed by atoms with Gasteiger partial charge in [0, 0.05) is 11.5 Å². The highest BCUT2D eigenvalue weighted by Crippen LogP contribution is 2.37. The lowest BCUT2D eigenvalue weighted by Crippen LogP contribution is -2.39. The molecular weight excluding hydrogens is 226 g/mol. The van der Waals surface area contributed by atoms with Crippen molar-refractivity contribution in [3.05, 3.63) is 0 Å². The first-order valence-corrected chi connectivity index (χ1v) is 7.01. The van der Waals surface area contributed by atoms with Gasteiger partial charge in [0.25, 0.3) is 0 Å². The zero-order chi connectivity index (χ0) is 13.8. The molecule has 0 aromatic rings. The number of hydrogen-bond donors (Lipinski definition) is 3. The van der Waals surface area contributed by atoms with Gasteiger partial charge in [0.1, 0.15) is 5.84 Å². The average molecular weight is 255 g/mol. The summed E-state index contributed by atoms with van der Waals surface area (Å²) >= 11 is 0. The Morgan fingerprint density at radius 3 is 2.67 bits per heavy atom. The van der Waals surface area contributed by atoms with Crippen molar-refractivity contribution in [3.63, 3.8) is 0 Å². The highest BCUT2D eigenvalue weighted by Gasteiger charge is 2.33. The topological polar surface area (TPSA) is 70.6 Å². The molecule has 4 heteroatoms. The van der Waals surface area contributed by atoms with Crippen molar-refractivity contribution in [1.82, 2.24) is 5.32 Å². The summed E-state index contributed by atoms with van der Waals surface area (Å²) in [6, 6.07) is 0.643. The minimum Gasteiger partial charge on any atom is -0.409 e. The molecule has 0 heterocycles. The fourth-order valence-corrected chi connectivity index (χ4v) is 2.78. The van der Waals surface area contributed by atoms with Crippen LogP contribution in [0, 0.1) is 10.8 Å². The normalized spacial score (nSPS) is 24.4. The predicted molar refractivity (Wildman–Crippen MR) is 75.8 cm³/mol. The van der Waals surface area contributed by atoms with Crippen molar-refractivity contribution in [1.29, 1.82) is 0 Å². The molecule has 0 bridgehead atoms. The van der Waals surface area contributed by atoms with Crippen LogP contribution >= 0.6 is 0 Å². The summed E-state index contributed by atoms with van der Waals surface area (Å²) in [6.45, 7) is 9.73. The lowest BCUT2D eigenvalue weighted by molar-refractivity contribution is 0.277. The van der Waals surface area contributed by atoms with E-state index in [0.717, 1.165) is 19.4 Å². The largest absolute Gasteiger partial charge is 0.409 e. The van der Waals surface area contributed by atoms with Crippen molar-refractivity contribution in [2.24, 2.45) is 21.7 Å². The minimum atomic E-state index is -0.221. The van der Waals surface area contributed by atoms with Crippen molar-refractivity contribution in [3.8, 4) is 0 Å². The molecule has 1 atom stereocenters. The molecule has 18 heavy (non-hydrogen) atoms. The summed E-state index contributed by atoms with van der Waals surface area (Å²) in [4.78, 5) is 0. The van der Waals surface area contributed by atoms with Crippen molar-refractivity contribution < 1.29 is 5.21 Å². The summed E-state index contributed by atoms with van der Waals surface area (Å²) in [5.41, 5.74) is 5.89. The Hall–Kier alpha value is -0.770. The van der Waals surface area contributed by atoms with E-state index in [-0.39, 0.29) is 5.41 Å². The Kier molecular flexibility index (Phi) is 5.02. The molecule has 0 spiro atoms. The summed E-state index contributed by atoms with van der Waals surface area (Å²) in [7, 11) is 0. The average Bonchev–Trinajstić information content (AvgIpc) is 2.63. The zero-order valence-corrected chi connectivity index (χ0v) is 12.3. The van der Waals surface area contributed by atoms with Crippen LogP contribution in [0.3, 0.4) is 0 Å². The maximum absolute atomic E-state index is 8.72. The quantitative estimate of drug-likeness (QED) is 0.225. The molecule has 106 valence electrons. The van der Waals surface area contributed by atoms with Gasteiger partial charge in [-0.3, -0.25) is 0 Å². The highest BCUT2D eigenvalue weighted by molar-refractivity contribution is 5.85. The predicted octanol–water partition coefficient (Wildman–Crippen LogP) is 2.71. The van der Waals surface area contributed by atoms with E-state index in [9.17, 15) is 0 Å². The molecule has 0 saturated heterocycles. The molecule has 4 N–H and O–H groups in total. The monoisotopic (exact) mass is 255 g/mol. The summed E-state index contributed by atoms with van der Waals surface area (Å²) in [6.07, 6.45) is 5.93. The molecule has 0 radical (unpaired) electrons. The van der Waals surface area contributed by atoms with E-state index in [0.29, 0.717) is 17.3 Å². The molecule has 1 unspecified atom stereocenters. The molecule has 4 nitrogen and oxygen atoms in total. The summed E-state index contributed by atoms with van der Waals surface area (Å²) in [5.74, 6) is 0.323. The van der Waals surface area contributed by atoms with Crippen LogP contribution in [0.4, 0.5) is 0 Å². The Labute approximate surface area is 111 Å². The molecule has 0 aromatic carbocycles. The molecule has 1 saturated carbocycles. The first kappa shape index (κ1) is 15.3. The number of rotatable bonds is 6. The van der Waals surface area contributed by atoms with Gasteiger partial charge < -0.3 is 16.3 Å². The number of amidine groups is 1. The molecule has 0 aliphatic heterocycles. The Morgan fingerprint density at radius 2 is 2.17 bits per heavy atom. The van der Waals surface area contributed by atoms with E-state index in [2.05, 4.69) is 24.3 Å². The van der Waals surface area contributed by atoms with Gasteiger partial charge in [0.05, 0.1) is 0 Å². The molecule has 1 aliphatic rings. The first-order chi connectivity index (χ1) is 8.29. The Bertz CT molecular complexity index is 297.